The first-order chi connectivity index (χ1) is 22.0. The van der Waals surface area contributed by atoms with Crippen LogP contribution in [0, 0.1) is 5.82 Å². The Balaban J connectivity index is 1.38. The molecule has 0 saturated heterocycles. The molecule has 15 nitrogen and oxygen atoms in total. The number of nitrogens with zero attached hydrogens (tertiary/aromatic N) is 6. The zero-order valence-corrected chi connectivity index (χ0v) is 25.3. The van der Waals surface area contributed by atoms with Crippen LogP contribution in [0.4, 0.5) is 26.5 Å². The molecule has 1 atom stereocenters. The van der Waals surface area contributed by atoms with Crippen LogP contribution in [0.1, 0.15) is 36.0 Å². The molecular weight excluding hydrogens is 601 g/mol. The number of aromatic nitrogens is 5. The van der Waals surface area contributed by atoms with Crippen molar-refractivity contribution in [3.63, 3.8) is 0 Å². The summed E-state index contributed by atoms with van der Waals surface area (Å²) in [5.41, 5.74) is 13.8. The minimum atomic E-state index is -0.874. The number of fused-ring (bicyclic) bond motifs is 1. The molecule has 0 bridgehead atoms. The van der Waals surface area contributed by atoms with E-state index in [0.717, 1.165) is 6.07 Å². The number of hydrogen-bond donors (Lipinski definition) is 3. The van der Waals surface area contributed by atoms with Crippen LogP contribution in [0.15, 0.2) is 53.6 Å². The molecule has 0 fully saturated rings. The van der Waals surface area contributed by atoms with Crippen molar-refractivity contribution < 1.29 is 32.8 Å². The zero-order chi connectivity index (χ0) is 33.1. The maximum Gasteiger partial charge on any atom is 0.417 e. The second kappa shape index (κ2) is 13.0. The normalized spacial score (nSPS) is 11.8. The molecule has 238 valence electrons. The van der Waals surface area contributed by atoms with Gasteiger partial charge in [0.25, 0.3) is 0 Å². The van der Waals surface area contributed by atoms with E-state index in [1.807, 2.05) is 0 Å². The molecule has 46 heavy (non-hydrogen) atoms. The fourth-order valence-electron chi connectivity index (χ4n) is 4.69. The highest BCUT2D eigenvalue weighted by Crippen LogP contribution is 2.39. The second-order valence-corrected chi connectivity index (χ2v) is 10.2. The molecule has 0 radical (unpaired) electrons. The van der Waals surface area contributed by atoms with Gasteiger partial charge in [0.2, 0.25) is 0 Å². The van der Waals surface area contributed by atoms with Crippen molar-refractivity contribution in [3.8, 4) is 22.4 Å². The summed E-state index contributed by atoms with van der Waals surface area (Å²) in [5.74, 6) is -1.29. The van der Waals surface area contributed by atoms with Gasteiger partial charge in [0.15, 0.2) is 23.4 Å². The van der Waals surface area contributed by atoms with Gasteiger partial charge < -0.3 is 30.8 Å². The molecule has 5 aromatic rings. The molecule has 0 saturated carbocycles. The number of likely N-dealkylation sites (N-methyl/N-ethyl adjacent to an activating group) is 1. The summed E-state index contributed by atoms with van der Waals surface area (Å²) in [5, 5.41) is 11.1. The number of halogens is 1. The van der Waals surface area contributed by atoms with Crippen LogP contribution in [0.2, 0.25) is 0 Å². The number of carbonyl (C=O) groups is 3. The molecule has 1 amide bonds. The fraction of sp³-hybridized carbons (Fsp3) is 0.233. The summed E-state index contributed by atoms with van der Waals surface area (Å²) in [7, 11) is 3.10. The van der Waals surface area contributed by atoms with E-state index in [1.54, 1.807) is 32.3 Å². The number of rotatable bonds is 10. The lowest BCUT2D eigenvalue weighted by Crippen LogP contribution is -2.31. The van der Waals surface area contributed by atoms with Crippen molar-refractivity contribution in [1.82, 2.24) is 30.2 Å². The van der Waals surface area contributed by atoms with Crippen LogP contribution in [0.25, 0.3) is 33.4 Å². The largest absolute Gasteiger partial charge is 0.460 e. The first kappa shape index (κ1) is 31.5. The molecule has 1 unspecified atom stereocenters. The Morgan fingerprint density at radius 2 is 1.96 bits per heavy atom. The van der Waals surface area contributed by atoms with Crippen molar-refractivity contribution in [2.45, 2.75) is 26.7 Å². The number of amides is 1. The zero-order valence-electron chi connectivity index (χ0n) is 25.3. The summed E-state index contributed by atoms with van der Waals surface area (Å²) in [6.45, 7) is 2.88. The van der Waals surface area contributed by atoms with E-state index in [-0.39, 0.29) is 64.0 Å². The summed E-state index contributed by atoms with van der Waals surface area (Å²) < 4.78 is 32.8. The Hall–Kier alpha value is -5.90. The van der Waals surface area contributed by atoms with E-state index < -0.39 is 24.1 Å². The summed E-state index contributed by atoms with van der Waals surface area (Å²) >= 11 is 0. The Kier molecular flexibility index (Phi) is 8.90. The van der Waals surface area contributed by atoms with Crippen LogP contribution in [0.5, 0.6) is 0 Å². The Bertz CT molecular complexity index is 1960. The van der Waals surface area contributed by atoms with Gasteiger partial charge in [0.05, 0.1) is 23.8 Å². The summed E-state index contributed by atoms with van der Waals surface area (Å²) in [4.78, 5) is 46.8. The van der Waals surface area contributed by atoms with E-state index in [0.29, 0.717) is 16.7 Å². The molecule has 0 aliphatic heterocycles. The van der Waals surface area contributed by atoms with Gasteiger partial charge in [-0.2, -0.15) is 5.10 Å². The van der Waals surface area contributed by atoms with Gasteiger partial charge in [-0.25, -0.2) is 18.9 Å². The van der Waals surface area contributed by atoms with Crippen molar-refractivity contribution in [1.29, 1.82) is 0 Å². The fourth-order valence-corrected chi connectivity index (χ4v) is 4.69. The molecule has 0 aliphatic rings. The topological polar surface area (TPSA) is 207 Å². The van der Waals surface area contributed by atoms with E-state index in [1.165, 1.54) is 48.2 Å². The number of nitrogen functional groups attached to an aromatic ring is 2. The van der Waals surface area contributed by atoms with Gasteiger partial charge in [-0.05, 0) is 39.1 Å². The highest BCUT2D eigenvalue weighted by atomic mass is 19.1. The second-order valence-electron chi connectivity index (χ2n) is 10.2. The quantitative estimate of drug-likeness (QED) is 0.114. The Morgan fingerprint density at radius 3 is 2.70 bits per heavy atom. The third-order valence-corrected chi connectivity index (χ3v) is 7.02. The SMILES string of the molecule is CNCC(=O)OCc1cccnc1N(C)C(=O)OC(C)n1cc(-c2cnc(-c3cc(C(C)=O)c(N)cc3F)c3c(N)noc23)cn1. The van der Waals surface area contributed by atoms with Crippen molar-refractivity contribution in [2.75, 3.05) is 37.0 Å². The van der Waals surface area contributed by atoms with Crippen LogP contribution >= 0.6 is 0 Å². The first-order valence-electron chi connectivity index (χ1n) is 13.9. The van der Waals surface area contributed by atoms with E-state index in [9.17, 15) is 14.4 Å². The molecule has 0 aliphatic carbocycles. The number of pyridine rings is 2. The van der Waals surface area contributed by atoms with Gasteiger partial charge >= 0.3 is 12.1 Å². The number of ketones is 1. The lowest BCUT2D eigenvalue weighted by molar-refractivity contribution is -0.143. The standard InChI is InChI=1S/C30H30FN9O6/c1-15(41)19-8-20(22(31)9-23(19)32)26-25-27(46-38-28(25)33)21(11-36-26)18-10-37-40(13-18)16(2)45-30(43)39(4)29-17(6-5-7-35-29)14-44-24(42)12-34-3/h5-11,13,16,34H,12,14,32H2,1-4H3,(H2,33,38). The third kappa shape index (κ3) is 6.18. The smallest absolute Gasteiger partial charge is 0.417 e. The third-order valence-electron chi connectivity index (χ3n) is 7.02. The number of nitrogens with two attached hydrogens (primary N) is 2. The summed E-state index contributed by atoms with van der Waals surface area (Å²) in [6, 6.07) is 5.71. The van der Waals surface area contributed by atoms with Gasteiger partial charge in [0, 0.05) is 59.1 Å². The highest BCUT2D eigenvalue weighted by molar-refractivity contribution is 6.06. The number of hydrogen-bond acceptors (Lipinski definition) is 13. The average Bonchev–Trinajstić information content (AvgIpc) is 3.67. The molecule has 4 heterocycles. The average molecular weight is 632 g/mol. The number of anilines is 3. The maximum atomic E-state index is 15.0. The van der Waals surface area contributed by atoms with Gasteiger partial charge in [0.1, 0.15) is 18.2 Å². The number of esters is 1. The van der Waals surface area contributed by atoms with E-state index >= 15 is 4.39 Å². The van der Waals surface area contributed by atoms with Gasteiger partial charge in [-0.15, -0.1) is 0 Å². The molecular formula is C30H30FN9O6. The van der Waals surface area contributed by atoms with Crippen LogP contribution in [0.3, 0.4) is 0 Å². The first-order valence-corrected chi connectivity index (χ1v) is 13.9. The van der Waals surface area contributed by atoms with Gasteiger partial charge in [-0.1, -0.05) is 11.2 Å². The number of ether oxygens (including phenoxy) is 2. The van der Waals surface area contributed by atoms with Gasteiger partial charge in [-0.3, -0.25) is 19.5 Å². The van der Waals surface area contributed by atoms with Crippen molar-refractivity contribution in [3.05, 3.63) is 66.0 Å². The molecule has 0 spiro atoms. The van der Waals surface area contributed by atoms with E-state index in [4.69, 9.17) is 25.5 Å². The Labute approximate surface area is 261 Å². The molecule has 1 aromatic carbocycles. The number of benzene rings is 1. The minimum absolute atomic E-state index is 0.000474. The number of nitrogens with one attached hydrogen (secondary N) is 1. The maximum absolute atomic E-state index is 15.0. The predicted molar refractivity (Wildman–Crippen MR) is 165 cm³/mol. The van der Waals surface area contributed by atoms with Crippen molar-refractivity contribution in [2.24, 2.45) is 0 Å². The molecule has 5 N–H and O–H groups in total. The highest BCUT2D eigenvalue weighted by Gasteiger charge is 2.25. The monoisotopic (exact) mass is 631 g/mol. The molecule has 5 rings (SSSR count). The van der Waals surface area contributed by atoms with E-state index in [2.05, 4.69) is 25.5 Å². The summed E-state index contributed by atoms with van der Waals surface area (Å²) in [6.07, 6.45) is 4.41. The number of carbonyl (C=O) groups excluding carboxylic acids is 3. The van der Waals surface area contributed by atoms with Crippen molar-refractivity contribution >= 4 is 46.1 Å². The van der Waals surface area contributed by atoms with Crippen LogP contribution < -0.4 is 21.7 Å². The lowest BCUT2D eigenvalue weighted by atomic mass is 9.99. The number of Topliss-reactive ketones (excluding diaryl/α,β-unsaturated/α-hetero) is 1. The Morgan fingerprint density at radius 1 is 1.17 bits per heavy atom. The predicted octanol–water partition coefficient (Wildman–Crippen LogP) is 3.71. The van der Waals surface area contributed by atoms with Crippen LogP contribution in [-0.2, 0) is 20.9 Å². The van der Waals surface area contributed by atoms with Crippen LogP contribution in [-0.4, -0.2) is 63.4 Å². The molecule has 4 aromatic heterocycles. The minimum Gasteiger partial charge on any atom is -0.460 e. The molecule has 16 heteroatoms. The lowest BCUT2D eigenvalue weighted by Gasteiger charge is -2.21.